The van der Waals surface area contributed by atoms with Gasteiger partial charge in [-0.05, 0) is 26.0 Å². The number of aryl methyl sites for hydroxylation is 1. The van der Waals surface area contributed by atoms with E-state index in [1.54, 1.807) is 20.1 Å². The zero-order valence-electron chi connectivity index (χ0n) is 12.9. The summed E-state index contributed by atoms with van der Waals surface area (Å²) in [6.45, 7) is 4.46. The summed E-state index contributed by atoms with van der Waals surface area (Å²) in [7, 11) is 1.66. The Morgan fingerprint density at radius 3 is 2.77 bits per heavy atom. The van der Waals surface area contributed by atoms with E-state index in [9.17, 15) is 4.79 Å². The minimum absolute atomic E-state index is 0.336. The fourth-order valence-electron chi connectivity index (χ4n) is 2.84. The highest BCUT2D eigenvalue weighted by Crippen LogP contribution is 2.31. The normalized spacial score (nSPS) is 11.2. The fraction of sp³-hybridized carbons (Fsp3) is 0.294. The summed E-state index contributed by atoms with van der Waals surface area (Å²) < 4.78 is 12.5. The van der Waals surface area contributed by atoms with Gasteiger partial charge in [0.05, 0.1) is 23.3 Å². The average molecular weight is 298 g/mol. The van der Waals surface area contributed by atoms with Crippen LogP contribution in [0.15, 0.2) is 30.3 Å². The lowest BCUT2D eigenvalue weighted by molar-refractivity contribution is 0.0519. The summed E-state index contributed by atoms with van der Waals surface area (Å²) in [4.78, 5) is 16.4. The molecular weight excluding hydrogens is 280 g/mol. The molecule has 3 rings (SSSR count). The molecule has 5 nitrogen and oxygen atoms in total. The number of aromatic nitrogens is 2. The van der Waals surface area contributed by atoms with Gasteiger partial charge in [-0.2, -0.15) is 0 Å². The molecule has 22 heavy (non-hydrogen) atoms. The van der Waals surface area contributed by atoms with Crippen molar-refractivity contribution in [2.75, 3.05) is 13.7 Å². The molecule has 0 aliphatic carbocycles. The van der Waals surface area contributed by atoms with E-state index < -0.39 is 5.97 Å². The van der Waals surface area contributed by atoms with Gasteiger partial charge in [0.2, 0.25) is 0 Å². The van der Waals surface area contributed by atoms with Crippen LogP contribution in [0.1, 0.15) is 23.1 Å². The third-order valence-electron chi connectivity index (χ3n) is 3.66. The number of hydrogen-bond acceptors (Lipinski definition) is 4. The van der Waals surface area contributed by atoms with Crippen molar-refractivity contribution >= 4 is 27.8 Å². The molecule has 0 radical (unpaired) electrons. The largest absolute Gasteiger partial charge is 0.461 e. The van der Waals surface area contributed by atoms with Crippen LogP contribution in [0.3, 0.4) is 0 Å². The molecule has 2 aromatic heterocycles. The maximum atomic E-state index is 12.0. The molecule has 0 spiro atoms. The van der Waals surface area contributed by atoms with Gasteiger partial charge in [0.25, 0.3) is 0 Å². The van der Waals surface area contributed by atoms with Crippen LogP contribution in [0.2, 0.25) is 0 Å². The number of esters is 1. The molecule has 114 valence electrons. The molecule has 5 heteroatoms. The smallest absolute Gasteiger partial charge is 0.356 e. The monoisotopic (exact) mass is 298 g/mol. The zero-order valence-corrected chi connectivity index (χ0v) is 12.9. The van der Waals surface area contributed by atoms with Gasteiger partial charge in [-0.1, -0.05) is 18.2 Å². The molecule has 0 amide bonds. The van der Waals surface area contributed by atoms with E-state index in [-0.39, 0.29) is 0 Å². The summed E-state index contributed by atoms with van der Waals surface area (Å²) >= 11 is 0. The Kier molecular flexibility index (Phi) is 3.81. The second kappa shape index (κ2) is 5.77. The van der Waals surface area contributed by atoms with Crippen molar-refractivity contribution in [3.8, 4) is 0 Å². The fourth-order valence-corrected chi connectivity index (χ4v) is 2.84. The first kappa shape index (κ1) is 14.5. The standard InChI is InChI=1S/C17H18N2O3/c1-4-22-17(20)14-9-13-12-7-5-6-8-15(12)19(10-21-3)16(13)11(2)18-14/h5-9H,4,10H2,1-3H3. The van der Waals surface area contributed by atoms with Crippen molar-refractivity contribution in [1.82, 2.24) is 9.55 Å². The lowest BCUT2D eigenvalue weighted by Gasteiger charge is -2.08. The van der Waals surface area contributed by atoms with Crippen molar-refractivity contribution in [2.45, 2.75) is 20.6 Å². The first-order valence-electron chi connectivity index (χ1n) is 7.22. The minimum atomic E-state index is -0.393. The SMILES string of the molecule is CCOC(=O)c1cc2c3ccccc3n(COC)c2c(C)n1. The van der Waals surface area contributed by atoms with E-state index in [4.69, 9.17) is 9.47 Å². The van der Waals surface area contributed by atoms with Crippen LogP contribution in [0.5, 0.6) is 0 Å². The van der Waals surface area contributed by atoms with E-state index in [0.717, 1.165) is 27.5 Å². The van der Waals surface area contributed by atoms with E-state index >= 15 is 0 Å². The maximum Gasteiger partial charge on any atom is 0.356 e. The summed E-state index contributed by atoms with van der Waals surface area (Å²) in [5.74, 6) is -0.393. The number of carbonyl (C=O) groups excluding carboxylic acids is 1. The van der Waals surface area contributed by atoms with Gasteiger partial charge in [-0.3, -0.25) is 0 Å². The van der Waals surface area contributed by atoms with Crippen molar-refractivity contribution in [3.05, 3.63) is 41.7 Å². The molecule has 0 atom stereocenters. The number of fused-ring (bicyclic) bond motifs is 3. The maximum absolute atomic E-state index is 12.0. The highest BCUT2D eigenvalue weighted by Gasteiger charge is 2.17. The van der Waals surface area contributed by atoms with E-state index in [1.165, 1.54) is 0 Å². The average Bonchev–Trinajstić information content (AvgIpc) is 2.83. The van der Waals surface area contributed by atoms with Crippen LogP contribution in [-0.2, 0) is 16.2 Å². The number of benzene rings is 1. The second-order valence-electron chi connectivity index (χ2n) is 5.07. The first-order chi connectivity index (χ1) is 10.7. The van der Waals surface area contributed by atoms with Crippen molar-refractivity contribution in [2.24, 2.45) is 0 Å². The highest BCUT2D eigenvalue weighted by atomic mass is 16.5. The molecule has 1 aromatic carbocycles. The van der Waals surface area contributed by atoms with Crippen LogP contribution in [0.4, 0.5) is 0 Å². The summed E-state index contributed by atoms with van der Waals surface area (Å²) in [5, 5.41) is 2.06. The summed E-state index contributed by atoms with van der Waals surface area (Å²) in [5.41, 5.74) is 3.17. The van der Waals surface area contributed by atoms with Crippen LogP contribution >= 0.6 is 0 Å². The Morgan fingerprint density at radius 1 is 1.27 bits per heavy atom. The third-order valence-corrected chi connectivity index (χ3v) is 3.66. The Labute approximate surface area is 128 Å². The molecule has 3 aromatic rings. The van der Waals surface area contributed by atoms with Crippen LogP contribution in [0.25, 0.3) is 21.8 Å². The van der Waals surface area contributed by atoms with Gasteiger partial charge in [-0.25, -0.2) is 9.78 Å². The van der Waals surface area contributed by atoms with Crippen LogP contribution < -0.4 is 0 Å². The minimum Gasteiger partial charge on any atom is -0.461 e. The molecule has 2 heterocycles. The van der Waals surface area contributed by atoms with Crippen LogP contribution in [0, 0.1) is 6.92 Å². The summed E-state index contributed by atoms with van der Waals surface area (Å²) in [6.07, 6.45) is 0. The molecule has 0 unspecified atom stereocenters. The summed E-state index contributed by atoms with van der Waals surface area (Å²) in [6, 6.07) is 9.85. The number of rotatable bonds is 4. The number of pyridine rings is 1. The van der Waals surface area contributed by atoms with E-state index in [1.807, 2.05) is 31.2 Å². The first-order valence-corrected chi connectivity index (χ1v) is 7.22. The number of hydrogen-bond donors (Lipinski definition) is 0. The zero-order chi connectivity index (χ0) is 15.7. The number of ether oxygens (including phenoxy) is 2. The number of methoxy groups -OCH3 is 1. The molecule has 0 aliphatic rings. The van der Waals surface area contributed by atoms with Crippen molar-refractivity contribution in [3.63, 3.8) is 0 Å². The van der Waals surface area contributed by atoms with E-state index in [2.05, 4.69) is 9.55 Å². The molecule has 0 aliphatic heterocycles. The lowest BCUT2D eigenvalue weighted by Crippen LogP contribution is -2.09. The molecule has 0 bridgehead atoms. The van der Waals surface area contributed by atoms with Gasteiger partial charge in [0, 0.05) is 17.9 Å². The number of para-hydroxylation sites is 1. The Hall–Kier alpha value is -2.40. The Bertz CT molecular complexity index is 852. The predicted molar refractivity (Wildman–Crippen MR) is 84.9 cm³/mol. The molecule has 0 saturated heterocycles. The van der Waals surface area contributed by atoms with Crippen molar-refractivity contribution < 1.29 is 14.3 Å². The van der Waals surface area contributed by atoms with Crippen LogP contribution in [-0.4, -0.2) is 29.2 Å². The topological polar surface area (TPSA) is 53.4 Å². The number of nitrogens with zero attached hydrogens (tertiary/aromatic N) is 2. The third kappa shape index (κ3) is 2.23. The van der Waals surface area contributed by atoms with Gasteiger partial charge in [0.1, 0.15) is 12.4 Å². The quantitative estimate of drug-likeness (QED) is 0.694. The molecule has 0 N–H and O–H groups in total. The van der Waals surface area contributed by atoms with E-state index in [0.29, 0.717) is 19.0 Å². The molecular formula is C17H18N2O3. The van der Waals surface area contributed by atoms with Gasteiger partial charge >= 0.3 is 5.97 Å². The van der Waals surface area contributed by atoms with Gasteiger partial charge in [-0.15, -0.1) is 0 Å². The second-order valence-corrected chi connectivity index (χ2v) is 5.07. The highest BCUT2D eigenvalue weighted by molar-refractivity contribution is 6.10. The van der Waals surface area contributed by atoms with Gasteiger partial charge < -0.3 is 14.0 Å². The molecule has 0 fully saturated rings. The molecule has 0 saturated carbocycles. The Morgan fingerprint density at radius 2 is 2.05 bits per heavy atom. The Balaban J connectivity index is 2.33. The lowest BCUT2D eigenvalue weighted by atomic mass is 10.1. The predicted octanol–water partition coefficient (Wildman–Crippen LogP) is 3.28. The number of carbonyl (C=O) groups is 1. The van der Waals surface area contributed by atoms with Crippen molar-refractivity contribution in [1.29, 1.82) is 0 Å². The van der Waals surface area contributed by atoms with Gasteiger partial charge in [0.15, 0.2) is 0 Å².